The van der Waals surface area contributed by atoms with Crippen LogP contribution in [0.3, 0.4) is 0 Å². The Bertz CT molecular complexity index is 399. The van der Waals surface area contributed by atoms with Crippen molar-refractivity contribution in [3.05, 3.63) is 34.6 Å². The summed E-state index contributed by atoms with van der Waals surface area (Å²) in [6, 6.07) is 5.09. The van der Waals surface area contributed by atoms with E-state index in [1.165, 1.54) is 37.1 Å². The Balaban J connectivity index is 1.83. The number of nitrogens with one attached hydrogen (secondary N) is 1. The molecular weight excluding hydrogens is 269 g/mol. The van der Waals surface area contributed by atoms with Gasteiger partial charge in [-0.2, -0.15) is 11.8 Å². The molecule has 0 radical (unpaired) electrons. The molecule has 1 fully saturated rings. The van der Waals surface area contributed by atoms with Crippen molar-refractivity contribution in [3.63, 3.8) is 0 Å². The van der Waals surface area contributed by atoms with Gasteiger partial charge in [0, 0.05) is 22.9 Å². The summed E-state index contributed by atoms with van der Waals surface area (Å²) in [7, 11) is 0. The highest BCUT2D eigenvalue weighted by Crippen LogP contribution is 2.30. The minimum Gasteiger partial charge on any atom is -0.310 e. The van der Waals surface area contributed by atoms with Crippen molar-refractivity contribution < 1.29 is 4.39 Å². The van der Waals surface area contributed by atoms with Crippen LogP contribution >= 0.6 is 23.4 Å². The number of benzene rings is 1. The maximum atomic E-state index is 13.1. The summed E-state index contributed by atoms with van der Waals surface area (Å²) < 4.78 is 13.1. The zero-order valence-corrected chi connectivity index (χ0v) is 12.2. The SMILES string of the molecule is CCSC1CCC(NCc2cc(F)ccc2Cl)C1. The van der Waals surface area contributed by atoms with E-state index in [0.29, 0.717) is 17.6 Å². The molecule has 4 heteroatoms. The first-order valence-corrected chi connectivity index (χ1v) is 7.90. The summed E-state index contributed by atoms with van der Waals surface area (Å²) in [6.45, 7) is 2.86. The summed E-state index contributed by atoms with van der Waals surface area (Å²) >= 11 is 8.09. The van der Waals surface area contributed by atoms with Crippen LogP contribution in [-0.2, 0) is 6.54 Å². The molecule has 1 aromatic carbocycles. The molecule has 2 rings (SSSR count). The Morgan fingerprint density at radius 1 is 1.44 bits per heavy atom. The van der Waals surface area contributed by atoms with Crippen molar-refractivity contribution in [2.45, 2.75) is 44.0 Å². The van der Waals surface area contributed by atoms with Gasteiger partial charge in [0.15, 0.2) is 0 Å². The van der Waals surface area contributed by atoms with Crippen LogP contribution in [0.15, 0.2) is 18.2 Å². The topological polar surface area (TPSA) is 12.0 Å². The van der Waals surface area contributed by atoms with Crippen LogP contribution in [0.5, 0.6) is 0 Å². The lowest BCUT2D eigenvalue weighted by Gasteiger charge is -2.14. The summed E-state index contributed by atoms with van der Waals surface area (Å²) in [6.07, 6.45) is 3.71. The molecule has 18 heavy (non-hydrogen) atoms. The van der Waals surface area contributed by atoms with Gasteiger partial charge >= 0.3 is 0 Å². The first-order chi connectivity index (χ1) is 8.69. The Morgan fingerprint density at radius 2 is 2.28 bits per heavy atom. The van der Waals surface area contributed by atoms with Crippen LogP contribution in [0, 0.1) is 5.82 Å². The molecule has 0 aliphatic heterocycles. The maximum Gasteiger partial charge on any atom is 0.123 e. The zero-order chi connectivity index (χ0) is 13.0. The Hall–Kier alpha value is -0.250. The molecular formula is C14H19ClFNS. The Kier molecular flexibility index (Phi) is 5.34. The monoisotopic (exact) mass is 287 g/mol. The normalized spacial score (nSPS) is 23.5. The molecule has 1 aromatic rings. The maximum absolute atomic E-state index is 13.1. The smallest absolute Gasteiger partial charge is 0.123 e. The quantitative estimate of drug-likeness (QED) is 0.869. The highest BCUT2D eigenvalue weighted by Gasteiger charge is 2.24. The van der Waals surface area contributed by atoms with Gasteiger partial charge in [-0.15, -0.1) is 0 Å². The summed E-state index contributed by atoms with van der Waals surface area (Å²) in [5.41, 5.74) is 0.850. The predicted octanol–water partition coefficient (Wildman–Crippen LogP) is 4.24. The summed E-state index contributed by atoms with van der Waals surface area (Å²) in [4.78, 5) is 0. The largest absolute Gasteiger partial charge is 0.310 e. The number of rotatable bonds is 5. The van der Waals surface area contributed by atoms with Gasteiger partial charge in [-0.1, -0.05) is 18.5 Å². The molecule has 0 aromatic heterocycles. The number of hydrogen-bond donors (Lipinski definition) is 1. The first kappa shape index (κ1) is 14.2. The van der Waals surface area contributed by atoms with Crippen molar-refractivity contribution in [2.75, 3.05) is 5.75 Å². The molecule has 0 saturated heterocycles. The molecule has 1 aliphatic rings. The van der Waals surface area contributed by atoms with Gasteiger partial charge in [-0.05, 0) is 48.8 Å². The highest BCUT2D eigenvalue weighted by molar-refractivity contribution is 7.99. The lowest BCUT2D eigenvalue weighted by atomic mass is 10.2. The number of thioether (sulfide) groups is 1. The fraction of sp³-hybridized carbons (Fsp3) is 0.571. The molecule has 1 nitrogen and oxygen atoms in total. The Morgan fingerprint density at radius 3 is 3.06 bits per heavy atom. The van der Waals surface area contributed by atoms with Crippen LogP contribution in [-0.4, -0.2) is 17.0 Å². The lowest BCUT2D eigenvalue weighted by molar-refractivity contribution is 0.523. The van der Waals surface area contributed by atoms with Crippen molar-refractivity contribution in [1.29, 1.82) is 0 Å². The van der Waals surface area contributed by atoms with E-state index in [4.69, 9.17) is 11.6 Å². The third-order valence-electron chi connectivity index (χ3n) is 3.38. The molecule has 1 saturated carbocycles. The second kappa shape index (κ2) is 6.78. The number of hydrogen-bond acceptors (Lipinski definition) is 2. The second-order valence-electron chi connectivity index (χ2n) is 4.70. The van der Waals surface area contributed by atoms with Crippen LogP contribution < -0.4 is 5.32 Å². The fourth-order valence-electron chi connectivity index (χ4n) is 2.45. The predicted molar refractivity (Wildman–Crippen MR) is 77.8 cm³/mol. The lowest BCUT2D eigenvalue weighted by Crippen LogP contribution is -2.26. The van der Waals surface area contributed by atoms with Crippen LogP contribution in [0.25, 0.3) is 0 Å². The third kappa shape index (κ3) is 3.87. The van der Waals surface area contributed by atoms with Gasteiger partial charge in [0.1, 0.15) is 5.82 Å². The standard InChI is InChI=1S/C14H19ClFNS/c1-2-18-13-5-4-12(8-13)17-9-10-7-11(16)3-6-14(10)15/h3,6-7,12-13,17H,2,4-5,8-9H2,1H3. The first-order valence-electron chi connectivity index (χ1n) is 6.48. The average Bonchev–Trinajstić information content (AvgIpc) is 2.79. The van der Waals surface area contributed by atoms with Gasteiger partial charge in [-0.25, -0.2) is 4.39 Å². The van der Waals surface area contributed by atoms with Crippen molar-refractivity contribution in [1.82, 2.24) is 5.32 Å². The molecule has 0 bridgehead atoms. The van der Waals surface area contributed by atoms with Crippen LogP contribution in [0.2, 0.25) is 5.02 Å². The van der Waals surface area contributed by atoms with E-state index in [1.807, 2.05) is 11.8 Å². The molecule has 2 unspecified atom stereocenters. The van der Waals surface area contributed by atoms with E-state index in [0.717, 1.165) is 10.8 Å². The molecule has 0 heterocycles. The molecule has 100 valence electrons. The third-order valence-corrected chi connectivity index (χ3v) is 4.98. The molecule has 1 aliphatic carbocycles. The fourth-order valence-corrected chi connectivity index (χ4v) is 3.77. The minimum absolute atomic E-state index is 0.220. The summed E-state index contributed by atoms with van der Waals surface area (Å²) in [5, 5.41) is 4.92. The van der Waals surface area contributed by atoms with E-state index < -0.39 is 0 Å². The highest BCUT2D eigenvalue weighted by atomic mass is 35.5. The Labute approximate surface area is 117 Å². The van der Waals surface area contributed by atoms with Gasteiger partial charge in [-0.3, -0.25) is 0 Å². The number of halogens is 2. The van der Waals surface area contributed by atoms with Crippen molar-refractivity contribution in [3.8, 4) is 0 Å². The van der Waals surface area contributed by atoms with E-state index in [2.05, 4.69) is 12.2 Å². The van der Waals surface area contributed by atoms with Gasteiger partial charge in [0.2, 0.25) is 0 Å². The molecule has 2 atom stereocenters. The molecule has 0 spiro atoms. The minimum atomic E-state index is -0.220. The second-order valence-corrected chi connectivity index (χ2v) is 6.69. The van der Waals surface area contributed by atoms with E-state index in [1.54, 1.807) is 6.07 Å². The van der Waals surface area contributed by atoms with Crippen LogP contribution in [0.1, 0.15) is 31.7 Å². The van der Waals surface area contributed by atoms with Crippen LogP contribution in [0.4, 0.5) is 4.39 Å². The van der Waals surface area contributed by atoms with E-state index in [-0.39, 0.29) is 5.82 Å². The van der Waals surface area contributed by atoms with Crippen molar-refractivity contribution >= 4 is 23.4 Å². The van der Waals surface area contributed by atoms with Gasteiger partial charge in [0.25, 0.3) is 0 Å². The van der Waals surface area contributed by atoms with Gasteiger partial charge < -0.3 is 5.32 Å². The van der Waals surface area contributed by atoms with Crippen molar-refractivity contribution in [2.24, 2.45) is 0 Å². The summed E-state index contributed by atoms with van der Waals surface area (Å²) in [5.74, 6) is 0.967. The molecule has 1 N–H and O–H groups in total. The van der Waals surface area contributed by atoms with Gasteiger partial charge in [0.05, 0.1) is 0 Å². The average molecular weight is 288 g/mol. The van der Waals surface area contributed by atoms with E-state index in [9.17, 15) is 4.39 Å². The zero-order valence-electron chi connectivity index (χ0n) is 10.6. The van der Waals surface area contributed by atoms with E-state index >= 15 is 0 Å². The molecule has 0 amide bonds.